The Kier molecular flexibility index (Phi) is 5.56. The predicted octanol–water partition coefficient (Wildman–Crippen LogP) is 2.18. The molecule has 142 valence electrons. The minimum atomic E-state index is -0.304. The molecule has 2 atom stereocenters. The van der Waals surface area contributed by atoms with Gasteiger partial charge in [0.2, 0.25) is 0 Å². The number of hydrogen-bond acceptors (Lipinski definition) is 6. The van der Waals surface area contributed by atoms with Crippen molar-refractivity contribution >= 4 is 22.9 Å². The molecule has 2 heterocycles. The van der Waals surface area contributed by atoms with Crippen LogP contribution in [-0.4, -0.2) is 30.3 Å². The molecule has 1 aromatic heterocycles. The molecule has 1 aliphatic rings. The fourth-order valence-electron chi connectivity index (χ4n) is 3.18. The van der Waals surface area contributed by atoms with Crippen LogP contribution in [0.15, 0.2) is 72.1 Å². The van der Waals surface area contributed by atoms with Gasteiger partial charge >= 0.3 is 0 Å². The molecule has 4 rings (SSSR count). The van der Waals surface area contributed by atoms with Crippen LogP contribution in [0, 0.1) is 5.92 Å². The first-order valence-electron chi connectivity index (χ1n) is 9.11. The third-order valence-corrected chi connectivity index (χ3v) is 4.61. The standard InChI is InChI=1S/C21H21N5O2/c27-20(14-28-19-8-7-15-4-1-2-5-16(15)10-19)25-23-12-18-13-24-26-21(18)17-6-3-9-22-11-17/h1-12,18,21,24,26H,13-14H2,(H,25,27)/b23-12+. The van der Waals surface area contributed by atoms with E-state index in [4.69, 9.17) is 4.74 Å². The van der Waals surface area contributed by atoms with E-state index in [-0.39, 0.29) is 24.5 Å². The monoisotopic (exact) mass is 375 g/mol. The van der Waals surface area contributed by atoms with Crippen LogP contribution in [0.1, 0.15) is 11.6 Å². The van der Waals surface area contributed by atoms with E-state index in [2.05, 4.69) is 26.4 Å². The highest BCUT2D eigenvalue weighted by Crippen LogP contribution is 2.22. The van der Waals surface area contributed by atoms with Gasteiger partial charge in [0.1, 0.15) is 5.75 Å². The molecule has 0 aliphatic carbocycles. The number of pyridine rings is 1. The second-order valence-electron chi connectivity index (χ2n) is 6.56. The molecule has 3 N–H and O–H groups in total. The second kappa shape index (κ2) is 8.60. The Morgan fingerprint density at radius 3 is 2.96 bits per heavy atom. The van der Waals surface area contributed by atoms with Gasteiger partial charge in [0.25, 0.3) is 5.91 Å². The maximum Gasteiger partial charge on any atom is 0.277 e. The van der Waals surface area contributed by atoms with Crippen molar-refractivity contribution in [3.63, 3.8) is 0 Å². The van der Waals surface area contributed by atoms with Gasteiger partial charge in [-0.05, 0) is 34.5 Å². The summed E-state index contributed by atoms with van der Waals surface area (Å²) in [7, 11) is 0. The number of carbonyl (C=O) groups is 1. The summed E-state index contributed by atoms with van der Waals surface area (Å²) in [6, 6.07) is 17.7. The molecule has 1 aliphatic heterocycles. The molecule has 1 fully saturated rings. The molecular formula is C21H21N5O2. The van der Waals surface area contributed by atoms with Crippen LogP contribution in [0.3, 0.4) is 0 Å². The molecule has 2 aromatic carbocycles. The van der Waals surface area contributed by atoms with Crippen LogP contribution in [0.5, 0.6) is 5.75 Å². The number of hydrogen-bond donors (Lipinski definition) is 3. The zero-order chi connectivity index (χ0) is 19.2. The highest BCUT2D eigenvalue weighted by atomic mass is 16.5. The Labute approximate surface area is 162 Å². The summed E-state index contributed by atoms with van der Waals surface area (Å²) in [4.78, 5) is 16.2. The molecule has 2 unspecified atom stereocenters. The van der Waals surface area contributed by atoms with Gasteiger partial charge in [-0.1, -0.05) is 36.4 Å². The van der Waals surface area contributed by atoms with E-state index in [0.717, 1.165) is 16.3 Å². The van der Waals surface area contributed by atoms with Crippen molar-refractivity contribution in [2.24, 2.45) is 11.0 Å². The molecule has 3 aromatic rings. The zero-order valence-corrected chi connectivity index (χ0v) is 15.2. The minimum absolute atomic E-state index is 0.0585. The fourth-order valence-corrected chi connectivity index (χ4v) is 3.18. The molecule has 7 nitrogen and oxygen atoms in total. The van der Waals surface area contributed by atoms with E-state index in [1.807, 2.05) is 60.8 Å². The fraction of sp³-hybridized carbons (Fsp3) is 0.190. The first-order chi connectivity index (χ1) is 13.8. The summed E-state index contributed by atoms with van der Waals surface area (Å²) in [5, 5.41) is 6.29. The van der Waals surface area contributed by atoms with Crippen molar-refractivity contribution in [2.45, 2.75) is 6.04 Å². The highest BCUT2D eigenvalue weighted by Gasteiger charge is 2.26. The number of nitrogens with zero attached hydrogens (tertiary/aromatic N) is 2. The molecule has 7 heteroatoms. The molecule has 28 heavy (non-hydrogen) atoms. The third kappa shape index (κ3) is 4.33. The Morgan fingerprint density at radius 2 is 2.11 bits per heavy atom. The van der Waals surface area contributed by atoms with Crippen LogP contribution in [0.4, 0.5) is 0 Å². The second-order valence-corrected chi connectivity index (χ2v) is 6.56. The van der Waals surface area contributed by atoms with Gasteiger partial charge in [-0.15, -0.1) is 0 Å². The minimum Gasteiger partial charge on any atom is -0.484 e. The topological polar surface area (TPSA) is 87.6 Å². The molecular weight excluding hydrogens is 354 g/mol. The number of carbonyl (C=O) groups excluding carboxylic acids is 1. The van der Waals surface area contributed by atoms with Gasteiger partial charge in [-0.25, -0.2) is 10.9 Å². The van der Waals surface area contributed by atoms with Gasteiger partial charge in [0, 0.05) is 31.1 Å². The SMILES string of the molecule is O=C(COc1ccc2ccccc2c1)N/N=C/C1CNNC1c1cccnc1. The third-order valence-electron chi connectivity index (χ3n) is 4.61. The zero-order valence-electron chi connectivity index (χ0n) is 15.2. The summed E-state index contributed by atoms with van der Waals surface area (Å²) in [6.07, 6.45) is 5.30. The lowest BCUT2D eigenvalue weighted by Crippen LogP contribution is -2.26. The Balaban J connectivity index is 1.29. The summed E-state index contributed by atoms with van der Waals surface area (Å²) >= 11 is 0. The quantitative estimate of drug-likeness (QED) is 0.454. The molecule has 0 radical (unpaired) electrons. The van der Waals surface area contributed by atoms with E-state index in [9.17, 15) is 4.79 Å². The van der Waals surface area contributed by atoms with Gasteiger partial charge in [-0.3, -0.25) is 15.2 Å². The lowest BCUT2D eigenvalue weighted by molar-refractivity contribution is -0.123. The Bertz CT molecular complexity index is 977. The number of aromatic nitrogens is 1. The van der Waals surface area contributed by atoms with Crippen LogP contribution < -0.4 is 21.0 Å². The first-order valence-corrected chi connectivity index (χ1v) is 9.11. The van der Waals surface area contributed by atoms with Crippen molar-refractivity contribution in [1.29, 1.82) is 0 Å². The van der Waals surface area contributed by atoms with E-state index in [1.54, 1.807) is 12.4 Å². The number of ether oxygens (including phenoxy) is 1. The number of fused-ring (bicyclic) bond motifs is 1. The average Bonchev–Trinajstić information content (AvgIpc) is 3.21. The van der Waals surface area contributed by atoms with Crippen molar-refractivity contribution in [1.82, 2.24) is 21.3 Å². The van der Waals surface area contributed by atoms with Crippen LogP contribution in [0.25, 0.3) is 10.8 Å². The van der Waals surface area contributed by atoms with Crippen molar-refractivity contribution in [3.05, 3.63) is 72.6 Å². The van der Waals surface area contributed by atoms with Crippen LogP contribution in [0.2, 0.25) is 0 Å². The summed E-state index contributed by atoms with van der Waals surface area (Å²) in [6.45, 7) is 0.620. The van der Waals surface area contributed by atoms with Gasteiger partial charge in [0.05, 0.1) is 6.04 Å². The Morgan fingerprint density at radius 1 is 1.21 bits per heavy atom. The normalized spacial score (nSPS) is 19.1. The van der Waals surface area contributed by atoms with Gasteiger partial charge in [-0.2, -0.15) is 5.10 Å². The predicted molar refractivity (Wildman–Crippen MR) is 108 cm³/mol. The number of hydrazine groups is 1. The lowest BCUT2D eigenvalue weighted by Gasteiger charge is -2.14. The Hall–Kier alpha value is -3.29. The summed E-state index contributed by atoms with van der Waals surface area (Å²) < 4.78 is 5.57. The largest absolute Gasteiger partial charge is 0.484 e. The van der Waals surface area contributed by atoms with Gasteiger partial charge < -0.3 is 4.74 Å². The first kappa shape index (κ1) is 18.1. The number of amides is 1. The van der Waals surface area contributed by atoms with Gasteiger partial charge in [0.15, 0.2) is 6.61 Å². The van der Waals surface area contributed by atoms with Crippen molar-refractivity contribution in [2.75, 3.05) is 13.2 Å². The highest BCUT2D eigenvalue weighted by molar-refractivity contribution is 5.84. The number of benzene rings is 2. The van der Waals surface area contributed by atoms with Crippen molar-refractivity contribution < 1.29 is 9.53 Å². The molecule has 1 amide bonds. The van der Waals surface area contributed by atoms with Crippen LogP contribution in [-0.2, 0) is 4.79 Å². The van der Waals surface area contributed by atoms with Crippen molar-refractivity contribution in [3.8, 4) is 5.75 Å². The maximum atomic E-state index is 12.0. The van der Waals surface area contributed by atoms with E-state index in [0.29, 0.717) is 12.3 Å². The average molecular weight is 375 g/mol. The molecule has 0 bridgehead atoms. The molecule has 0 saturated carbocycles. The number of nitrogens with one attached hydrogen (secondary N) is 3. The summed E-state index contributed by atoms with van der Waals surface area (Å²) in [5.74, 6) is 0.450. The van der Waals surface area contributed by atoms with Crippen LogP contribution >= 0.6 is 0 Å². The van der Waals surface area contributed by atoms with E-state index >= 15 is 0 Å². The maximum absolute atomic E-state index is 12.0. The van der Waals surface area contributed by atoms with E-state index in [1.165, 1.54) is 0 Å². The summed E-state index contributed by atoms with van der Waals surface area (Å²) in [5.41, 5.74) is 9.91. The molecule has 0 spiro atoms. The number of rotatable bonds is 6. The number of hydrazone groups is 1. The molecule has 1 saturated heterocycles. The smallest absolute Gasteiger partial charge is 0.277 e. The van der Waals surface area contributed by atoms with E-state index < -0.39 is 0 Å². The lowest BCUT2D eigenvalue weighted by atomic mass is 9.97.